The van der Waals surface area contributed by atoms with E-state index >= 15 is 0 Å². The summed E-state index contributed by atoms with van der Waals surface area (Å²) >= 11 is 1.52. The van der Waals surface area contributed by atoms with Crippen molar-refractivity contribution in [3.8, 4) is 5.69 Å². The molecule has 0 amide bonds. The number of hydrogen-bond donors (Lipinski definition) is 0. The molecule has 26 heavy (non-hydrogen) atoms. The van der Waals surface area contributed by atoms with Crippen molar-refractivity contribution in [1.82, 2.24) is 19.1 Å². The molecule has 0 bridgehead atoms. The van der Waals surface area contributed by atoms with E-state index in [9.17, 15) is 8.42 Å². The minimum atomic E-state index is -3.44. The summed E-state index contributed by atoms with van der Waals surface area (Å²) in [4.78, 5) is 0.293. The Kier molecular flexibility index (Phi) is 5.45. The Balaban J connectivity index is 1.83. The Labute approximate surface area is 157 Å². The summed E-state index contributed by atoms with van der Waals surface area (Å²) in [7, 11) is -0.379. The second-order valence-corrected chi connectivity index (χ2v) is 9.02. The monoisotopic (exact) mass is 388 g/mol. The molecule has 0 aliphatic rings. The molecule has 0 aliphatic carbocycles. The third-order valence-corrected chi connectivity index (χ3v) is 6.67. The highest BCUT2D eigenvalue weighted by atomic mass is 32.2. The molecule has 3 aromatic rings. The van der Waals surface area contributed by atoms with Crippen molar-refractivity contribution in [2.75, 3.05) is 14.1 Å². The summed E-state index contributed by atoms with van der Waals surface area (Å²) in [6, 6.07) is 16.9. The van der Waals surface area contributed by atoms with Gasteiger partial charge in [-0.1, -0.05) is 42.1 Å². The van der Waals surface area contributed by atoms with Crippen LogP contribution < -0.4 is 0 Å². The molecule has 0 saturated heterocycles. The molecule has 0 atom stereocenters. The van der Waals surface area contributed by atoms with Crippen LogP contribution in [0.2, 0.25) is 0 Å². The zero-order valence-corrected chi connectivity index (χ0v) is 16.5. The van der Waals surface area contributed by atoms with Crippen molar-refractivity contribution in [2.24, 2.45) is 0 Å². The Bertz CT molecular complexity index is 999. The first-order chi connectivity index (χ1) is 12.4. The number of para-hydroxylation sites is 1. The Hall–Kier alpha value is -2.16. The highest BCUT2D eigenvalue weighted by Crippen LogP contribution is 2.26. The van der Waals surface area contributed by atoms with Crippen LogP contribution in [0.15, 0.2) is 64.6 Å². The number of sulfonamides is 1. The van der Waals surface area contributed by atoms with Crippen molar-refractivity contribution < 1.29 is 8.42 Å². The smallest absolute Gasteiger partial charge is 0.242 e. The molecule has 0 N–H and O–H groups in total. The molecular weight excluding hydrogens is 368 g/mol. The van der Waals surface area contributed by atoms with E-state index in [0.717, 1.165) is 22.2 Å². The number of aryl methyl sites for hydroxylation is 1. The van der Waals surface area contributed by atoms with Crippen molar-refractivity contribution in [1.29, 1.82) is 0 Å². The van der Waals surface area contributed by atoms with E-state index in [0.29, 0.717) is 10.6 Å². The number of hydrogen-bond acceptors (Lipinski definition) is 5. The van der Waals surface area contributed by atoms with Crippen LogP contribution in [0.4, 0.5) is 0 Å². The fourth-order valence-corrected chi connectivity index (χ4v) is 4.38. The predicted octanol–water partition coefficient (Wildman–Crippen LogP) is 3.12. The van der Waals surface area contributed by atoms with Crippen LogP contribution in [0.1, 0.15) is 11.4 Å². The molecule has 0 unspecified atom stereocenters. The molecule has 136 valence electrons. The van der Waals surface area contributed by atoms with Gasteiger partial charge < -0.3 is 0 Å². The van der Waals surface area contributed by atoms with Crippen molar-refractivity contribution in [2.45, 2.75) is 22.7 Å². The lowest BCUT2D eigenvalue weighted by Crippen LogP contribution is -2.22. The number of nitrogens with zero attached hydrogens (tertiary/aromatic N) is 4. The minimum absolute atomic E-state index is 0.293. The second-order valence-electron chi connectivity index (χ2n) is 5.92. The Morgan fingerprint density at radius 2 is 1.77 bits per heavy atom. The van der Waals surface area contributed by atoms with Crippen LogP contribution in [0, 0.1) is 6.92 Å². The third kappa shape index (κ3) is 3.82. The Morgan fingerprint density at radius 3 is 2.46 bits per heavy atom. The average molecular weight is 389 g/mol. The molecule has 0 aliphatic heterocycles. The second kappa shape index (κ2) is 7.61. The largest absolute Gasteiger partial charge is 0.274 e. The van der Waals surface area contributed by atoms with Gasteiger partial charge in [-0.05, 0) is 36.8 Å². The van der Waals surface area contributed by atoms with Crippen LogP contribution in [-0.2, 0) is 15.8 Å². The highest BCUT2D eigenvalue weighted by molar-refractivity contribution is 7.98. The van der Waals surface area contributed by atoms with Gasteiger partial charge in [0, 0.05) is 25.5 Å². The first-order valence-corrected chi connectivity index (χ1v) is 10.4. The maximum absolute atomic E-state index is 12.3. The standard InChI is InChI=1S/C18H20N4O2S2/c1-14-19-20-18(22(14)16-9-5-4-6-10-16)25-13-15-8-7-11-17(12-15)26(23,24)21(2)3/h4-12H,13H2,1-3H3. The van der Waals surface area contributed by atoms with E-state index < -0.39 is 10.0 Å². The molecular formula is C18H20N4O2S2. The number of thioether (sulfide) groups is 1. The summed E-state index contributed by atoms with van der Waals surface area (Å²) in [5, 5.41) is 9.20. The molecule has 3 rings (SSSR count). The molecule has 0 saturated carbocycles. The van der Waals surface area contributed by atoms with E-state index in [1.54, 1.807) is 18.2 Å². The van der Waals surface area contributed by atoms with Crippen molar-refractivity contribution in [3.63, 3.8) is 0 Å². The normalized spacial score (nSPS) is 11.8. The first kappa shape index (κ1) is 18.6. The Morgan fingerprint density at radius 1 is 1.04 bits per heavy atom. The zero-order chi connectivity index (χ0) is 18.7. The lowest BCUT2D eigenvalue weighted by atomic mass is 10.2. The van der Waals surface area contributed by atoms with Crippen molar-refractivity contribution >= 4 is 21.8 Å². The van der Waals surface area contributed by atoms with E-state index in [1.165, 1.54) is 30.2 Å². The predicted molar refractivity (Wildman–Crippen MR) is 103 cm³/mol. The first-order valence-electron chi connectivity index (χ1n) is 8.01. The summed E-state index contributed by atoms with van der Waals surface area (Å²) in [5.41, 5.74) is 1.92. The number of benzene rings is 2. The van der Waals surface area contributed by atoms with Crippen LogP contribution in [-0.4, -0.2) is 41.6 Å². The van der Waals surface area contributed by atoms with Gasteiger partial charge in [0.1, 0.15) is 5.82 Å². The highest BCUT2D eigenvalue weighted by Gasteiger charge is 2.17. The van der Waals surface area contributed by atoms with Gasteiger partial charge in [0.2, 0.25) is 10.0 Å². The van der Waals surface area contributed by atoms with Gasteiger partial charge in [-0.2, -0.15) is 0 Å². The quantitative estimate of drug-likeness (QED) is 0.607. The van der Waals surface area contributed by atoms with Crippen LogP contribution in [0.25, 0.3) is 5.69 Å². The summed E-state index contributed by atoms with van der Waals surface area (Å²) in [5.74, 6) is 1.41. The molecule has 1 aromatic heterocycles. The zero-order valence-electron chi connectivity index (χ0n) is 14.8. The van der Waals surface area contributed by atoms with Gasteiger partial charge in [-0.25, -0.2) is 12.7 Å². The summed E-state index contributed by atoms with van der Waals surface area (Å²) in [6.45, 7) is 1.91. The molecule has 6 nitrogen and oxygen atoms in total. The summed E-state index contributed by atoms with van der Waals surface area (Å²) in [6.07, 6.45) is 0. The van der Waals surface area contributed by atoms with Gasteiger partial charge in [0.25, 0.3) is 0 Å². The minimum Gasteiger partial charge on any atom is -0.274 e. The molecule has 0 radical (unpaired) electrons. The molecule has 1 heterocycles. The van der Waals surface area contributed by atoms with Crippen LogP contribution >= 0.6 is 11.8 Å². The van der Waals surface area contributed by atoms with Crippen LogP contribution in [0.3, 0.4) is 0 Å². The van der Waals surface area contributed by atoms with Gasteiger partial charge in [-0.3, -0.25) is 4.57 Å². The average Bonchev–Trinajstić information content (AvgIpc) is 3.01. The van der Waals surface area contributed by atoms with Gasteiger partial charge in [0.05, 0.1) is 4.90 Å². The molecule has 0 spiro atoms. The topological polar surface area (TPSA) is 68.1 Å². The van der Waals surface area contributed by atoms with E-state index in [2.05, 4.69) is 10.2 Å². The van der Waals surface area contributed by atoms with E-state index in [4.69, 9.17) is 0 Å². The van der Waals surface area contributed by atoms with Crippen LogP contribution in [0.5, 0.6) is 0 Å². The number of aromatic nitrogens is 3. The molecule has 8 heteroatoms. The summed E-state index contributed by atoms with van der Waals surface area (Å²) < 4.78 is 27.8. The third-order valence-electron chi connectivity index (χ3n) is 3.85. The lowest BCUT2D eigenvalue weighted by molar-refractivity contribution is 0.520. The maximum Gasteiger partial charge on any atom is 0.242 e. The SMILES string of the molecule is Cc1nnc(SCc2cccc(S(=O)(=O)N(C)C)c2)n1-c1ccccc1. The van der Waals surface area contributed by atoms with Crippen molar-refractivity contribution in [3.05, 3.63) is 66.0 Å². The molecule has 0 fully saturated rings. The van der Waals surface area contributed by atoms with Gasteiger partial charge in [-0.15, -0.1) is 10.2 Å². The number of rotatable bonds is 6. The maximum atomic E-state index is 12.3. The molecule has 2 aromatic carbocycles. The fourth-order valence-electron chi connectivity index (χ4n) is 2.47. The fraction of sp³-hybridized carbons (Fsp3) is 0.222. The van der Waals surface area contributed by atoms with E-state index in [1.807, 2.05) is 47.9 Å². The van der Waals surface area contributed by atoms with E-state index in [-0.39, 0.29) is 0 Å². The van der Waals surface area contributed by atoms with Gasteiger partial charge >= 0.3 is 0 Å². The van der Waals surface area contributed by atoms with Gasteiger partial charge in [0.15, 0.2) is 5.16 Å². The lowest BCUT2D eigenvalue weighted by Gasteiger charge is -2.12.